The van der Waals surface area contributed by atoms with E-state index >= 15 is 0 Å². The number of aliphatic hydroxyl groups excluding tert-OH is 1. The number of sulfone groups is 1. The third-order valence-corrected chi connectivity index (χ3v) is 6.22. The van der Waals surface area contributed by atoms with Crippen LogP contribution in [0.3, 0.4) is 0 Å². The maximum absolute atomic E-state index is 11.5. The fraction of sp³-hybridized carbons (Fsp3) is 0.545. The van der Waals surface area contributed by atoms with Gasteiger partial charge in [-0.3, -0.25) is 0 Å². The fourth-order valence-corrected chi connectivity index (χ4v) is 5.66. The van der Waals surface area contributed by atoms with Gasteiger partial charge in [0, 0.05) is 11.4 Å². The summed E-state index contributed by atoms with van der Waals surface area (Å²) < 4.78 is 24.6. The van der Waals surface area contributed by atoms with Crippen molar-refractivity contribution in [1.29, 1.82) is 0 Å². The van der Waals surface area contributed by atoms with E-state index in [1.807, 2.05) is 19.9 Å². The van der Waals surface area contributed by atoms with Crippen molar-refractivity contribution >= 4 is 27.4 Å². The minimum atomic E-state index is -3.16. The number of hydrogen-bond donors (Lipinski definition) is 1. The standard InChI is InChI=1S/C11H14N4O3S2/c1-6-3-7(2)15-10(12-6)13-11(14-15)19-9-5-20(17,18)4-8(9)16/h3,8-9,16H,4-5H2,1-2H3/t8-,9-/m0/s1. The maximum atomic E-state index is 11.5. The van der Waals surface area contributed by atoms with Crippen molar-refractivity contribution in [3.63, 3.8) is 0 Å². The molecule has 1 fully saturated rings. The number of aliphatic hydroxyl groups is 1. The lowest BCUT2D eigenvalue weighted by Gasteiger charge is -2.08. The lowest BCUT2D eigenvalue weighted by Crippen LogP contribution is -2.20. The predicted molar refractivity (Wildman–Crippen MR) is 74.6 cm³/mol. The molecule has 1 aliphatic rings. The van der Waals surface area contributed by atoms with E-state index in [9.17, 15) is 13.5 Å². The molecule has 2 aromatic rings. The van der Waals surface area contributed by atoms with Crippen molar-refractivity contribution in [2.45, 2.75) is 30.4 Å². The lowest BCUT2D eigenvalue weighted by molar-refractivity contribution is 0.207. The molecule has 7 nitrogen and oxygen atoms in total. The molecule has 3 heterocycles. The molecule has 2 atom stereocenters. The smallest absolute Gasteiger partial charge is 0.253 e. The first-order valence-electron chi connectivity index (χ1n) is 6.10. The molecule has 108 valence electrons. The normalized spacial score (nSPS) is 25.4. The second kappa shape index (κ2) is 4.68. The summed E-state index contributed by atoms with van der Waals surface area (Å²) in [6.07, 6.45) is -0.868. The molecule has 1 saturated heterocycles. The third kappa shape index (κ3) is 2.52. The quantitative estimate of drug-likeness (QED) is 0.832. The van der Waals surface area contributed by atoms with E-state index in [4.69, 9.17) is 0 Å². The number of thioether (sulfide) groups is 1. The van der Waals surface area contributed by atoms with Crippen LogP contribution in [0.5, 0.6) is 0 Å². The zero-order chi connectivity index (χ0) is 14.5. The number of fused-ring (bicyclic) bond motifs is 1. The zero-order valence-corrected chi connectivity index (χ0v) is 12.6. The highest BCUT2D eigenvalue weighted by molar-refractivity contribution is 8.01. The number of aryl methyl sites for hydroxylation is 2. The van der Waals surface area contributed by atoms with Gasteiger partial charge < -0.3 is 5.11 Å². The van der Waals surface area contributed by atoms with Gasteiger partial charge in [0.2, 0.25) is 5.16 Å². The topological polar surface area (TPSA) is 97.5 Å². The second-order valence-electron chi connectivity index (χ2n) is 4.95. The Kier molecular flexibility index (Phi) is 3.22. The third-order valence-electron chi connectivity index (χ3n) is 3.13. The van der Waals surface area contributed by atoms with Gasteiger partial charge in [-0.05, 0) is 19.9 Å². The molecule has 20 heavy (non-hydrogen) atoms. The Hall–Kier alpha value is -1.19. The van der Waals surface area contributed by atoms with Crippen LogP contribution < -0.4 is 0 Å². The molecule has 0 unspecified atom stereocenters. The van der Waals surface area contributed by atoms with Crippen molar-refractivity contribution in [1.82, 2.24) is 19.6 Å². The minimum Gasteiger partial charge on any atom is -0.391 e. The van der Waals surface area contributed by atoms with Gasteiger partial charge >= 0.3 is 0 Å². The van der Waals surface area contributed by atoms with Crippen LogP contribution in [0.25, 0.3) is 5.78 Å². The van der Waals surface area contributed by atoms with Gasteiger partial charge in [0.05, 0.1) is 22.9 Å². The molecule has 0 saturated carbocycles. The Labute approximate surface area is 120 Å². The molecule has 3 rings (SSSR count). The summed E-state index contributed by atoms with van der Waals surface area (Å²) in [5.41, 5.74) is 1.76. The molecule has 0 aromatic carbocycles. The first-order valence-corrected chi connectivity index (χ1v) is 8.80. The van der Waals surface area contributed by atoms with Gasteiger partial charge in [-0.1, -0.05) is 11.8 Å². The summed E-state index contributed by atoms with van der Waals surface area (Å²) >= 11 is 1.19. The van der Waals surface area contributed by atoms with Crippen LogP contribution in [-0.4, -0.2) is 56.0 Å². The first-order chi connectivity index (χ1) is 9.34. The van der Waals surface area contributed by atoms with Gasteiger partial charge in [-0.15, -0.1) is 5.10 Å². The highest BCUT2D eigenvalue weighted by Gasteiger charge is 2.37. The SMILES string of the molecule is Cc1cc(C)n2nc(S[C@H]3CS(=O)(=O)C[C@@H]3O)nc2n1. The van der Waals surface area contributed by atoms with E-state index in [1.165, 1.54) is 11.8 Å². The molecule has 1 aliphatic heterocycles. The Balaban J connectivity index is 1.90. The second-order valence-corrected chi connectivity index (χ2v) is 8.31. The van der Waals surface area contributed by atoms with E-state index in [-0.39, 0.29) is 11.5 Å². The zero-order valence-electron chi connectivity index (χ0n) is 11.0. The van der Waals surface area contributed by atoms with Crippen LogP contribution in [0.4, 0.5) is 0 Å². The largest absolute Gasteiger partial charge is 0.391 e. The summed E-state index contributed by atoms with van der Waals surface area (Å²) in [6.45, 7) is 3.78. The van der Waals surface area contributed by atoms with Crippen molar-refractivity contribution < 1.29 is 13.5 Å². The van der Waals surface area contributed by atoms with E-state index in [2.05, 4.69) is 15.1 Å². The van der Waals surface area contributed by atoms with Crippen LogP contribution >= 0.6 is 11.8 Å². The van der Waals surface area contributed by atoms with Crippen molar-refractivity contribution in [3.8, 4) is 0 Å². The summed E-state index contributed by atoms with van der Waals surface area (Å²) in [5, 5.41) is 14.1. The summed E-state index contributed by atoms with van der Waals surface area (Å²) in [6, 6.07) is 1.89. The molecule has 9 heteroatoms. The van der Waals surface area contributed by atoms with Gasteiger partial charge in [0.15, 0.2) is 9.84 Å². The molecule has 0 aliphatic carbocycles. The Morgan fingerprint density at radius 1 is 1.35 bits per heavy atom. The summed E-state index contributed by atoms with van der Waals surface area (Å²) in [5.74, 6) is 0.259. The number of nitrogens with zero attached hydrogens (tertiary/aromatic N) is 4. The Bertz CT molecular complexity index is 771. The van der Waals surface area contributed by atoms with Crippen LogP contribution in [-0.2, 0) is 9.84 Å². The number of aromatic nitrogens is 4. The molecule has 0 spiro atoms. The van der Waals surface area contributed by atoms with Gasteiger partial charge in [0.25, 0.3) is 5.78 Å². The number of rotatable bonds is 2. The van der Waals surface area contributed by atoms with Crippen LogP contribution in [0, 0.1) is 13.8 Å². The van der Waals surface area contributed by atoms with E-state index in [0.717, 1.165) is 11.4 Å². The van der Waals surface area contributed by atoms with E-state index in [1.54, 1.807) is 4.52 Å². The molecule has 2 aromatic heterocycles. The van der Waals surface area contributed by atoms with Crippen molar-refractivity contribution in [2.24, 2.45) is 0 Å². The molecule has 0 radical (unpaired) electrons. The van der Waals surface area contributed by atoms with E-state index < -0.39 is 21.2 Å². The highest BCUT2D eigenvalue weighted by atomic mass is 32.2. The molecule has 0 bridgehead atoms. The molecular formula is C11H14N4O3S2. The number of hydrogen-bond acceptors (Lipinski definition) is 7. The Morgan fingerprint density at radius 2 is 2.10 bits per heavy atom. The molecular weight excluding hydrogens is 300 g/mol. The summed E-state index contributed by atoms with van der Waals surface area (Å²) in [4.78, 5) is 8.55. The fourth-order valence-electron chi connectivity index (χ4n) is 2.24. The van der Waals surface area contributed by atoms with E-state index in [0.29, 0.717) is 10.9 Å². The average Bonchev–Trinajstić information content (AvgIpc) is 2.80. The van der Waals surface area contributed by atoms with Gasteiger partial charge in [-0.2, -0.15) is 4.98 Å². The predicted octanol–water partition coefficient (Wildman–Crippen LogP) is -0.00886. The lowest BCUT2D eigenvalue weighted by atomic mass is 10.3. The van der Waals surface area contributed by atoms with Crippen LogP contribution in [0.1, 0.15) is 11.4 Å². The molecule has 0 amide bonds. The van der Waals surface area contributed by atoms with Gasteiger partial charge in [-0.25, -0.2) is 17.9 Å². The minimum absolute atomic E-state index is 0.0418. The Morgan fingerprint density at radius 3 is 2.75 bits per heavy atom. The first kappa shape index (κ1) is 13.8. The van der Waals surface area contributed by atoms with Crippen LogP contribution in [0.15, 0.2) is 11.2 Å². The van der Waals surface area contributed by atoms with Crippen molar-refractivity contribution in [3.05, 3.63) is 17.5 Å². The van der Waals surface area contributed by atoms with Crippen molar-refractivity contribution in [2.75, 3.05) is 11.5 Å². The molecule has 1 N–H and O–H groups in total. The van der Waals surface area contributed by atoms with Crippen LogP contribution in [0.2, 0.25) is 0 Å². The van der Waals surface area contributed by atoms with Gasteiger partial charge in [0.1, 0.15) is 0 Å². The summed E-state index contributed by atoms with van der Waals surface area (Å²) in [7, 11) is -3.16. The monoisotopic (exact) mass is 314 g/mol. The maximum Gasteiger partial charge on any atom is 0.253 e. The highest BCUT2D eigenvalue weighted by Crippen LogP contribution is 2.29. The average molecular weight is 314 g/mol.